The van der Waals surface area contributed by atoms with E-state index < -0.39 is 11.4 Å². The van der Waals surface area contributed by atoms with Gasteiger partial charge in [-0.15, -0.1) is 0 Å². The Hall–Kier alpha value is -0.790. The van der Waals surface area contributed by atoms with Gasteiger partial charge in [0.2, 0.25) is 0 Å². The molecule has 0 aromatic rings. The third-order valence-electron chi connectivity index (χ3n) is 5.43. The summed E-state index contributed by atoms with van der Waals surface area (Å²) in [6.45, 7) is 10.6. The average Bonchev–Trinajstić information content (AvgIpc) is 2.84. The summed E-state index contributed by atoms with van der Waals surface area (Å²) in [7, 11) is 0. The first-order valence-corrected chi connectivity index (χ1v) is 8.69. The lowest BCUT2D eigenvalue weighted by Crippen LogP contribution is -2.21. The molecule has 0 amide bonds. The molecule has 0 heterocycles. The van der Waals surface area contributed by atoms with Crippen LogP contribution in [-0.2, 0) is 4.79 Å². The van der Waals surface area contributed by atoms with Crippen LogP contribution >= 0.6 is 0 Å². The third-order valence-corrected chi connectivity index (χ3v) is 5.43. The van der Waals surface area contributed by atoms with E-state index in [-0.39, 0.29) is 11.3 Å². The highest BCUT2D eigenvalue weighted by Gasteiger charge is 2.73. The maximum atomic E-state index is 11.9. The fourth-order valence-corrected chi connectivity index (χ4v) is 3.93. The van der Waals surface area contributed by atoms with Crippen molar-refractivity contribution in [3.05, 3.63) is 11.6 Å². The Balaban J connectivity index is 2.49. The lowest BCUT2D eigenvalue weighted by Gasteiger charge is -2.15. The van der Waals surface area contributed by atoms with Gasteiger partial charge in [-0.2, -0.15) is 0 Å². The molecular weight excluding hydrogens is 260 g/mol. The van der Waals surface area contributed by atoms with E-state index in [1.165, 1.54) is 44.1 Å². The van der Waals surface area contributed by atoms with Gasteiger partial charge in [-0.3, -0.25) is 4.79 Å². The number of aliphatic carboxylic acids is 1. The van der Waals surface area contributed by atoms with E-state index >= 15 is 0 Å². The summed E-state index contributed by atoms with van der Waals surface area (Å²) >= 11 is 0. The molecule has 0 bridgehead atoms. The number of carboxylic acid groups (broad SMARTS) is 1. The summed E-state index contributed by atoms with van der Waals surface area (Å²) in [6.07, 6.45) is 11.7. The molecule has 0 aromatic heterocycles. The molecule has 1 N–H and O–H groups in total. The van der Waals surface area contributed by atoms with Crippen LogP contribution in [-0.4, -0.2) is 11.1 Å². The van der Waals surface area contributed by atoms with Crippen LogP contribution < -0.4 is 0 Å². The molecule has 1 fully saturated rings. The zero-order chi connectivity index (χ0) is 16.1. The van der Waals surface area contributed by atoms with E-state index in [9.17, 15) is 9.90 Å². The molecule has 2 atom stereocenters. The molecule has 0 saturated heterocycles. The van der Waals surface area contributed by atoms with E-state index in [4.69, 9.17) is 0 Å². The van der Waals surface area contributed by atoms with Crippen molar-refractivity contribution in [2.75, 3.05) is 0 Å². The second-order valence-electron chi connectivity index (χ2n) is 7.59. The quantitative estimate of drug-likeness (QED) is 0.407. The fraction of sp³-hybridized carbons (Fsp3) is 0.842. The largest absolute Gasteiger partial charge is 0.481 e. The van der Waals surface area contributed by atoms with Crippen LogP contribution in [0.5, 0.6) is 0 Å². The molecule has 0 radical (unpaired) electrons. The van der Waals surface area contributed by atoms with Gasteiger partial charge >= 0.3 is 5.97 Å². The molecular formula is C19H34O2. The fourth-order valence-electron chi connectivity index (χ4n) is 3.93. The summed E-state index contributed by atoms with van der Waals surface area (Å²) in [5, 5.41) is 9.77. The zero-order valence-corrected chi connectivity index (χ0v) is 14.7. The van der Waals surface area contributed by atoms with Crippen LogP contribution in [0.3, 0.4) is 0 Å². The topological polar surface area (TPSA) is 37.3 Å². The number of hydrogen-bond donors (Lipinski definition) is 1. The molecule has 1 aliphatic carbocycles. The molecule has 0 aliphatic heterocycles. The van der Waals surface area contributed by atoms with Crippen LogP contribution in [0.2, 0.25) is 0 Å². The third kappa shape index (κ3) is 3.90. The lowest BCUT2D eigenvalue weighted by atomic mass is 9.89. The van der Waals surface area contributed by atoms with Crippen molar-refractivity contribution >= 4 is 5.97 Å². The van der Waals surface area contributed by atoms with E-state index in [1.54, 1.807) is 0 Å². The van der Waals surface area contributed by atoms with Crippen LogP contribution in [0.4, 0.5) is 0 Å². The standard InChI is InChI=1S/C19H34O2/c1-6-7-8-9-10-11-12-13-19(17(20)21)16(14-15(2)3)18(19,4)5/h14,16H,6-13H2,1-5H3,(H,20,21)/t16-,19-/m1/s1. The van der Waals surface area contributed by atoms with Crippen LogP contribution in [0.1, 0.15) is 86.0 Å². The van der Waals surface area contributed by atoms with Gasteiger partial charge in [0.15, 0.2) is 0 Å². The summed E-state index contributed by atoms with van der Waals surface area (Å²) < 4.78 is 0. The minimum atomic E-state index is -0.596. The van der Waals surface area contributed by atoms with Crippen LogP contribution in [0, 0.1) is 16.7 Å². The van der Waals surface area contributed by atoms with Gasteiger partial charge in [0.25, 0.3) is 0 Å². The van der Waals surface area contributed by atoms with Gasteiger partial charge in [0.05, 0.1) is 5.41 Å². The highest BCUT2D eigenvalue weighted by Crippen LogP contribution is 2.72. The van der Waals surface area contributed by atoms with Crippen molar-refractivity contribution in [1.29, 1.82) is 0 Å². The van der Waals surface area contributed by atoms with Crippen molar-refractivity contribution in [1.82, 2.24) is 0 Å². The van der Waals surface area contributed by atoms with E-state index in [0.717, 1.165) is 12.8 Å². The molecule has 122 valence electrons. The van der Waals surface area contributed by atoms with E-state index in [0.29, 0.717) is 0 Å². The Labute approximate surface area is 131 Å². The number of unbranched alkanes of at least 4 members (excludes halogenated alkanes) is 6. The minimum absolute atomic E-state index is 0.0989. The van der Waals surface area contributed by atoms with Gasteiger partial charge in [0, 0.05) is 0 Å². The van der Waals surface area contributed by atoms with E-state index in [1.807, 2.05) is 0 Å². The van der Waals surface area contributed by atoms with Crippen molar-refractivity contribution in [3.63, 3.8) is 0 Å². The maximum Gasteiger partial charge on any atom is 0.310 e. The van der Waals surface area contributed by atoms with Crippen LogP contribution in [0.15, 0.2) is 11.6 Å². The van der Waals surface area contributed by atoms with Gasteiger partial charge in [-0.25, -0.2) is 0 Å². The highest BCUT2D eigenvalue weighted by molar-refractivity contribution is 5.81. The average molecular weight is 294 g/mol. The summed E-state index contributed by atoms with van der Waals surface area (Å²) in [5.41, 5.74) is 0.613. The van der Waals surface area contributed by atoms with Crippen molar-refractivity contribution in [2.24, 2.45) is 16.7 Å². The highest BCUT2D eigenvalue weighted by atomic mass is 16.4. The zero-order valence-electron chi connectivity index (χ0n) is 14.7. The number of carboxylic acids is 1. The monoisotopic (exact) mass is 294 g/mol. The van der Waals surface area contributed by atoms with Gasteiger partial charge in [-0.05, 0) is 31.6 Å². The molecule has 0 aromatic carbocycles. The first kappa shape index (κ1) is 18.3. The SMILES string of the molecule is CCCCCCCCC[C@]1(C(=O)O)[C@H](C=C(C)C)C1(C)C. The Morgan fingerprint density at radius 3 is 2.05 bits per heavy atom. The van der Waals surface area contributed by atoms with Gasteiger partial charge in [0.1, 0.15) is 0 Å². The van der Waals surface area contributed by atoms with Crippen molar-refractivity contribution < 1.29 is 9.90 Å². The predicted molar refractivity (Wildman–Crippen MR) is 89.4 cm³/mol. The second-order valence-corrected chi connectivity index (χ2v) is 7.59. The van der Waals surface area contributed by atoms with Crippen molar-refractivity contribution in [2.45, 2.75) is 86.0 Å². The molecule has 0 spiro atoms. The van der Waals surface area contributed by atoms with Gasteiger partial charge < -0.3 is 5.11 Å². The smallest absolute Gasteiger partial charge is 0.310 e. The maximum absolute atomic E-state index is 11.9. The van der Waals surface area contributed by atoms with Crippen molar-refractivity contribution in [3.8, 4) is 0 Å². The molecule has 0 unspecified atom stereocenters. The molecule has 1 aliphatic rings. The Morgan fingerprint density at radius 2 is 1.57 bits per heavy atom. The predicted octanol–water partition coefficient (Wildman–Crippen LogP) is 5.82. The second kappa shape index (κ2) is 7.47. The lowest BCUT2D eigenvalue weighted by molar-refractivity contribution is -0.145. The number of carbonyl (C=O) groups is 1. The van der Waals surface area contributed by atoms with Gasteiger partial charge in [-0.1, -0.05) is 77.4 Å². The molecule has 1 saturated carbocycles. The normalized spacial score (nSPS) is 26.4. The first-order chi connectivity index (χ1) is 9.80. The molecule has 21 heavy (non-hydrogen) atoms. The summed E-state index contributed by atoms with van der Waals surface area (Å²) in [5.74, 6) is -0.395. The number of hydrogen-bond acceptors (Lipinski definition) is 1. The molecule has 2 heteroatoms. The Bertz CT molecular complexity index is 377. The number of rotatable bonds is 10. The van der Waals surface area contributed by atoms with Crippen LogP contribution in [0.25, 0.3) is 0 Å². The minimum Gasteiger partial charge on any atom is -0.481 e. The summed E-state index contributed by atoms with van der Waals surface area (Å²) in [6, 6.07) is 0. The Morgan fingerprint density at radius 1 is 1.05 bits per heavy atom. The molecule has 1 rings (SSSR count). The van der Waals surface area contributed by atoms with E-state index in [2.05, 4.69) is 40.7 Å². The first-order valence-electron chi connectivity index (χ1n) is 8.69. The molecule has 2 nitrogen and oxygen atoms in total. The number of allylic oxidation sites excluding steroid dienone is 2. The summed E-state index contributed by atoms with van der Waals surface area (Å²) in [4.78, 5) is 11.9. The Kier molecular flexibility index (Phi) is 6.49.